The van der Waals surface area contributed by atoms with Crippen molar-refractivity contribution in [2.24, 2.45) is 4.99 Å². The van der Waals surface area contributed by atoms with Crippen molar-refractivity contribution in [2.45, 2.75) is 19.4 Å². The van der Waals surface area contributed by atoms with E-state index in [-0.39, 0.29) is 29.7 Å². The van der Waals surface area contributed by atoms with Gasteiger partial charge in [-0.25, -0.2) is 0 Å². The van der Waals surface area contributed by atoms with E-state index in [4.69, 9.17) is 4.74 Å². The van der Waals surface area contributed by atoms with E-state index in [0.29, 0.717) is 24.2 Å². The summed E-state index contributed by atoms with van der Waals surface area (Å²) in [5, 5.41) is 20.7. The van der Waals surface area contributed by atoms with E-state index in [1.165, 1.54) is 5.56 Å². The van der Waals surface area contributed by atoms with E-state index in [1.54, 1.807) is 37.6 Å². The van der Waals surface area contributed by atoms with E-state index >= 15 is 0 Å². The smallest absolute Gasteiger partial charge is 0.191 e. The molecule has 2 rings (SSSR count). The molecule has 1 heterocycles. The van der Waals surface area contributed by atoms with Crippen LogP contribution in [0.25, 0.3) is 0 Å². The first-order valence-electron chi connectivity index (χ1n) is 7.46. The van der Waals surface area contributed by atoms with Crippen LogP contribution in [0.1, 0.15) is 24.0 Å². The van der Waals surface area contributed by atoms with Gasteiger partial charge in [-0.2, -0.15) is 11.3 Å². The summed E-state index contributed by atoms with van der Waals surface area (Å²) < 4.78 is 5.18. The Morgan fingerprint density at radius 2 is 2.12 bits per heavy atom. The number of guanidine groups is 1. The minimum absolute atomic E-state index is 0. The molecule has 132 valence electrons. The van der Waals surface area contributed by atoms with E-state index in [0.717, 1.165) is 12.1 Å². The molecule has 24 heavy (non-hydrogen) atoms. The van der Waals surface area contributed by atoms with Crippen LogP contribution in [0.3, 0.4) is 0 Å². The Labute approximate surface area is 164 Å². The highest BCUT2D eigenvalue weighted by Crippen LogP contribution is 2.22. The zero-order valence-corrected chi connectivity index (χ0v) is 17.2. The highest BCUT2D eigenvalue weighted by molar-refractivity contribution is 14.0. The van der Waals surface area contributed by atoms with Crippen LogP contribution in [-0.4, -0.2) is 31.8 Å². The van der Waals surface area contributed by atoms with Crippen molar-refractivity contribution in [3.8, 4) is 11.5 Å². The number of aliphatic imine (C=N–C) groups is 1. The van der Waals surface area contributed by atoms with E-state index in [9.17, 15) is 5.11 Å². The molecular weight excluding hydrogens is 437 g/mol. The van der Waals surface area contributed by atoms with E-state index < -0.39 is 0 Å². The molecule has 1 atom stereocenters. The highest BCUT2D eigenvalue weighted by atomic mass is 127. The predicted molar refractivity (Wildman–Crippen MR) is 111 cm³/mol. The van der Waals surface area contributed by atoms with Gasteiger partial charge in [-0.05, 0) is 46.5 Å². The molecule has 3 N–H and O–H groups in total. The van der Waals surface area contributed by atoms with Crippen LogP contribution in [0, 0.1) is 0 Å². The molecular formula is C17H24IN3O2S. The van der Waals surface area contributed by atoms with Gasteiger partial charge in [-0.1, -0.05) is 6.92 Å². The molecule has 0 bridgehead atoms. The molecule has 7 heteroatoms. The molecule has 5 nitrogen and oxygen atoms in total. The molecule has 2 aromatic rings. The van der Waals surface area contributed by atoms with Crippen molar-refractivity contribution >= 4 is 41.3 Å². The second-order valence-corrected chi connectivity index (χ2v) is 6.04. The zero-order valence-electron chi connectivity index (χ0n) is 14.1. The summed E-state index contributed by atoms with van der Waals surface area (Å²) in [5.74, 6) is 2.06. The average molecular weight is 461 g/mol. The van der Waals surface area contributed by atoms with Crippen molar-refractivity contribution in [1.29, 1.82) is 0 Å². The van der Waals surface area contributed by atoms with Gasteiger partial charge in [-0.3, -0.25) is 4.99 Å². The van der Waals surface area contributed by atoms with Gasteiger partial charge in [0.25, 0.3) is 0 Å². The molecule has 0 aliphatic heterocycles. The number of benzene rings is 1. The van der Waals surface area contributed by atoms with Gasteiger partial charge in [0.15, 0.2) is 5.96 Å². The highest BCUT2D eigenvalue weighted by Gasteiger charge is 2.08. The van der Waals surface area contributed by atoms with Crippen LogP contribution < -0.4 is 15.4 Å². The number of phenols is 1. The summed E-state index contributed by atoms with van der Waals surface area (Å²) in [6.07, 6.45) is 0. The van der Waals surface area contributed by atoms with Gasteiger partial charge in [0.1, 0.15) is 11.5 Å². The summed E-state index contributed by atoms with van der Waals surface area (Å²) in [6.45, 7) is 3.44. The Hall–Kier alpha value is -1.48. The molecule has 0 amide bonds. The molecule has 1 unspecified atom stereocenters. The SMILES string of the molecule is CN=C(NCc1cc(OC)ccc1O)NCC(C)c1ccsc1.I. The van der Waals surface area contributed by atoms with Gasteiger partial charge in [0.05, 0.1) is 7.11 Å². The number of thiophene rings is 1. The Kier molecular flexibility index (Phi) is 8.91. The Balaban J connectivity index is 0.00000288. The third-order valence-electron chi connectivity index (χ3n) is 3.64. The van der Waals surface area contributed by atoms with Crippen molar-refractivity contribution in [3.05, 3.63) is 46.2 Å². The molecule has 1 aromatic heterocycles. The molecule has 1 aromatic carbocycles. The minimum atomic E-state index is 0. The number of nitrogens with zero attached hydrogens (tertiary/aromatic N) is 1. The molecule has 0 saturated heterocycles. The maximum atomic E-state index is 9.90. The maximum Gasteiger partial charge on any atom is 0.191 e. The molecule has 0 radical (unpaired) electrons. The Morgan fingerprint density at radius 3 is 2.75 bits per heavy atom. The average Bonchev–Trinajstić information content (AvgIpc) is 3.10. The number of phenolic OH excluding ortho intramolecular Hbond substituents is 1. The largest absolute Gasteiger partial charge is 0.508 e. The number of nitrogens with one attached hydrogen (secondary N) is 2. The normalized spacial score (nSPS) is 12.2. The van der Waals surface area contributed by atoms with Crippen molar-refractivity contribution in [2.75, 3.05) is 20.7 Å². The summed E-state index contributed by atoms with van der Waals surface area (Å²) in [4.78, 5) is 4.21. The summed E-state index contributed by atoms with van der Waals surface area (Å²) in [7, 11) is 3.34. The molecule has 0 aliphatic rings. The fourth-order valence-electron chi connectivity index (χ4n) is 2.15. The maximum absolute atomic E-state index is 9.90. The van der Waals surface area contributed by atoms with E-state index in [1.807, 2.05) is 6.07 Å². The Morgan fingerprint density at radius 1 is 1.33 bits per heavy atom. The number of methoxy groups -OCH3 is 1. The van der Waals surface area contributed by atoms with Crippen molar-refractivity contribution in [3.63, 3.8) is 0 Å². The lowest BCUT2D eigenvalue weighted by molar-refractivity contribution is 0.410. The van der Waals surface area contributed by atoms with Crippen LogP contribution in [0.2, 0.25) is 0 Å². The van der Waals surface area contributed by atoms with Gasteiger partial charge >= 0.3 is 0 Å². The van der Waals surface area contributed by atoms with Crippen molar-refractivity contribution in [1.82, 2.24) is 10.6 Å². The zero-order chi connectivity index (χ0) is 16.7. The van der Waals surface area contributed by atoms with Gasteiger partial charge < -0.3 is 20.5 Å². The monoisotopic (exact) mass is 461 g/mol. The predicted octanol–water partition coefficient (Wildman–Crippen LogP) is 3.55. The lowest BCUT2D eigenvalue weighted by Crippen LogP contribution is -2.38. The standard InChI is InChI=1S/C17H23N3O2S.HI/c1-12(13-6-7-23-11-13)9-19-17(18-2)20-10-14-8-15(22-3)4-5-16(14)21;/h4-8,11-12,21H,9-10H2,1-3H3,(H2,18,19,20);1H. The van der Waals surface area contributed by atoms with Crippen LogP contribution in [0.4, 0.5) is 0 Å². The number of aromatic hydroxyl groups is 1. The topological polar surface area (TPSA) is 65.9 Å². The fourth-order valence-corrected chi connectivity index (χ4v) is 2.94. The Bertz CT molecular complexity index is 647. The number of rotatable bonds is 6. The van der Waals surface area contributed by atoms with Gasteiger partial charge in [0.2, 0.25) is 0 Å². The number of halogens is 1. The van der Waals surface area contributed by atoms with E-state index in [2.05, 4.69) is 39.4 Å². The van der Waals surface area contributed by atoms with Crippen LogP contribution >= 0.6 is 35.3 Å². The molecule has 0 aliphatic carbocycles. The van der Waals surface area contributed by atoms with Crippen LogP contribution in [-0.2, 0) is 6.54 Å². The van der Waals surface area contributed by atoms with Crippen LogP contribution in [0.5, 0.6) is 11.5 Å². The third-order valence-corrected chi connectivity index (χ3v) is 4.35. The molecule has 0 saturated carbocycles. The number of hydrogen-bond donors (Lipinski definition) is 3. The summed E-state index contributed by atoms with van der Waals surface area (Å²) in [6, 6.07) is 7.31. The third kappa shape index (κ3) is 5.86. The van der Waals surface area contributed by atoms with Crippen molar-refractivity contribution < 1.29 is 9.84 Å². The lowest BCUT2D eigenvalue weighted by Gasteiger charge is -2.16. The first-order valence-corrected chi connectivity index (χ1v) is 8.40. The minimum Gasteiger partial charge on any atom is -0.508 e. The number of ether oxygens (including phenoxy) is 1. The fraction of sp³-hybridized carbons (Fsp3) is 0.353. The molecule has 0 spiro atoms. The first kappa shape index (κ1) is 20.6. The summed E-state index contributed by atoms with van der Waals surface area (Å²) >= 11 is 1.71. The van der Waals surface area contributed by atoms with Gasteiger partial charge in [-0.15, -0.1) is 24.0 Å². The molecule has 0 fully saturated rings. The van der Waals surface area contributed by atoms with Gasteiger partial charge in [0, 0.05) is 25.7 Å². The van der Waals surface area contributed by atoms with Crippen LogP contribution in [0.15, 0.2) is 40.0 Å². The second-order valence-electron chi connectivity index (χ2n) is 5.26. The quantitative estimate of drug-likeness (QED) is 0.350. The second kappa shape index (κ2) is 10.4. The summed E-state index contributed by atoms with van der Waals surface area (Å²) in [5.41, 5.74) is 2.08. The first-order chi connectivity index (χ1) is 11.1. The number of hydrogen-bond acceptors (Lipinski definition) is 4. The lowest BCUT2D eigenvalue weighted by atomic mass is 10.1.